The van der Waals surface area contributed by atoms with E-state index in [1.807, 2.05) is 12.1 Å². The first kappa shape index (κ1) is 19.2. The van der Waals surface area contributed by atoms with E-state index >= 15 is 0 Å². The Hall–Kier alpha value is -2.15. The number of amides is 1. The largest absolute Gasteiger partial charge is 0.337 e. The molecule has 0 bridgehead atoms. The molecule has 0 aliphatic heterocycles. The van der Waals surface area contributed by atoms with Crippen molar-refractivity contribution in [2.24, 2.45) is 0 Å². The molecule has 0 fully saturated rings. The first-order valence-corrected chi connectivity index (χ1v) is 9.40. The van der Waals surface area contributed by atoms with Gasteiger partial charge >= 0.3 is 0 Å². The summed E-state index contributed by atoms with van der Waals surface area (Å²) in [6, 6.07) is 13.1. The fourth-order valence-corrected chi connectivity index (χ4v) is 3.31. The molecule has 0 heterocycles. The Morgan fingerprint density at radius 1 is 1.16 bits per heavy atom. The highest BCUT2D eigenvalue weighted by molar-refractivity contribution is 7.89. The Bertz CT molecular complexity index is 847. The van der Waals surface area contributed by atoms with Gasteiger partial charge in [0.1, 0.15) is 0 Å². The number of carbonyl (C=O) groups excluding carboxylic acids is 1. The summed E-state index contributed by atoms with van der Waals surface area (Å²) in [5.74, 6) is -0.196. The zero-order valence-corrected chi connectivity index (χ0v) is 15.3. The molecule has 5 nitrogen and oxygen atoms in total. The topological polar surface area (TPSA) is 66.5 Å². The molecule has 2 aromatic carbocycles. The molecule has 2 rings (SSSR count). The highest BCUT2D eigenvalue weighted by atomic mass is 35.5. The zero-order valence-electron chi connectivity index (χ0n) is 13.8. The summed E-state index contributed by atoms with van der Waals surface area (Å²) in [7, 11) is -1.91. The van der Waals surface area contributed by atoms with E-state index in [9.17, 15) is 13.2 Å². The predicted octanol–water partition coefficient (Wildman–Crippen LogP) is 3.08. The lowest BCUT2D eigenvalue weighted by molar-refractivity contribution is 0.0785. The van der Waals surface area contributed by atoms with Crippen LogP contribution in [0.3, 0.4) is 0 Å². The van der Waals surface area contributed by atoms with Gasteiger partial charge in [-0.1, -0.05) is 29.8 Å². The average Bonchev–Trinajstić information content (AvgIpc) is 2.61. The van der Waals surface area contributed by atoms with E-state index < -0.39 is 10.0 Å². The highest BCUT2D eigenvalue weighted by Crippen LogP contribution is 2.14. The Morgan fingerprint density at radius 3 is 2.32 bits per heavy atom. The maximum Gasteiger partial charge on any atom is 0.253 e. The molecular formula is C18H19ClN2O3S. The van der Waals surface area contributed by atoms with E-state index in [2.05, 4.69) is 11.3 Å². The molecule has 7 heteroatoms. The third-order valence-electron chi connectivity index (χ3n) is 3.51. The molecule has 132 valence electrons. The first-order chi connectivity index (χ1) is 11.8. The normalized spacial score (nSPS) is 11.1. The van der Waals surface area contributed by atoms with E-state index in [1.165, 1.54) is 30.3 Å². The van der Waals surface area contributed by atoms with Gasteiger partial charge < -0.3 is 4.90 Å². The zero-order chi connectivity index (χ0) is 18.4. The highest BCUT2D eigenvalue weighted by Gasteiger charge is 2.16. The van der Waals surface area contributed by atoms with E-state index in [-0.39, 0.29) is 17.3 Å². The van der Waals surface area contributed by atoms with Gasteiger partial charge in [-0.2, -0.15) is 0 Å². The summed E-state index contributed by atoms with van der Waals surface area (Å²) in [6.45, 7) is 4.04. The molecule has 0 aliphatic carbocycles. The van der Waals surface area contributed by atoms with Gasteiger partial charge in [0.15, 0.2) is 0 Å². The summed E-state index contributed by atoms with van der Waals surface area (Å²) < 4.78 is 26.4. The van der Waals surface area contributed by atoms with Gasteiger partial charge in [-0.15, -0.1) is 6.58 Å². The standard InChI is InChI=1S/C18H19ClN2O3S/c1-3-12-20-25(23,24)17-10-6-15(7-11-17)18(22)21(2)13-14-4-8-16(19)9-5-14/h3-11,20H,1,12-13H2,2H3. The van der Waals surface area contributed by atoms with Crippen LogP contribution in [0.1, 0.15) is 15.9 Å². The lowest BCUT2D eigenvalue weighted by atomic mass is 10.1. The average molecular weight is 379 g/mol. The van der Waals surface area contributed by atoms with Crippen LogP contribution in [-0.2, 0) is 16.6 Å². The van der Waals surface area contributed by atoms with Gasteiger partial charge in [-0.3, -0.25) is 4.79 Å². The Labute approximate surface area is 153 Å². The van der Waals surface area contributed by atoms with Crippen LogP contribution in [0, 0.1) is 0 Å². The van der Waals surface area contributed by atoms with Gasteiger partial charge in [0.25, 0.3) is 5.91 Å². The lowest BCUT2D eigenvalue weighted by Crippen LogP contribution is -2.26. The van der Waals surface area contributed by atoms with E-state index in [1.54, 1.807) is 24.1 Å². The molecule has 1 amide bonds. The predicted molar refractivity (Wildman–Crippen MR) is 99.1 cm³/mol. The summed E-state index contributed by atoms with van der Waals surface area (Å²) >= 11 is 5.85. The second kappa shape index (κ2) is 8.29. The number of nitrogens with zero attached hydrogens (tertiary/aromatic N) is 1. The summed E-state index contributed by atoms with van der Waals surface area (Å²) in [6.07, 6.45) is 1.46. The molecule has 0 saturated carbocycles. The SMILES string of the molecule is C=CCNS(=O)(=O)c1ccc(C(=O)N(C)Cc2ccc(Cl)cc2)cc1. The summed E-state index contributed by atoms with van der Waals surface area (Å²) in [4.78, 5) is 14.1. The first-order valence-electron chi connectivity index (χ1n) is 7.54. The second-order valence-corrected chi connectivity index (χ2v) is 7.66. The van der Waals surface area contributed by atoms with Crippen LogP contribution >= 0.6 is 11.6 Å². The third-order valence-corrected chi connectivity index (χ3v) is 5.20. The van der Waals surface area contributed by atoms with Crippen LogP contribution in [-0.4, -0.2) is 32.8 Å². The fourth-order valence-electron chi connectivity index (χ4n) is 2.18. The molecule has 0 radical (unpaired) electrons. The van der Waals surface area contributed by atoms with Gasteiger partial charge in [0.05, 0.1) is 4.90 Å². The minimum absolute atomic E-state index is 0.103. The van der Waals surface area contributed by atoms with Gasteiger partial charge in [-0.05, 0) is 42.0 Å². The van der Waals surface area contributed by atoms with E-state index in [4.69, 9.17) is 11.6 Å². The Kier molecular flexibility index (Phi) is 6.36. The number of hydrogen-bond acceptors (Lipinski definition) is 3. The number of carbonyl (C=O) groups is 1. The molecule has 2 aromatic rings. The maximum absolute atomic E-state index is 12.5. The van der Waals surface area contributed by atoms with Crippen molar-refractivity contribution >= 4 is 27.5 Å². The molecule has 1 N–H and O–H groups in total. The molecule has 25 heavy (non-hydrogen) atoms. The van der Waals surface area contributed by atoms with Crippen LogP contribution in [0.4, 0.5) is 0 Å². The van der Waals surface area contributed by atoms with Crippen molar-refractivity contribution in [2.45, 2.75) is 11.4 Å². The quantitative estimate of drug-likeness (QED) is 0.753. The maximum atomic E-state index is 12.5. The molecule has 0 spiro atoms. The number of sulfonamides is 1. The molecular weight excluding hydrogens is 360 g/mol. The van der Waals surface area contributed by atoms with Gasteiger partial charge in [-0.25, -0.2) is 13.1 Å². The molecule has 0 aromatic heterocycles. The van der Waals surface area contributed by atoms with Gasteiger partial charge in [0, 0.05) is 30.7 Å². The minimum Gasteiger partial charge on any atom is -0.337 e. The Balaban J connectivity index is 2.09. The third kappa shape index (κ3) is 5.16. The monoisotopic (exact) mass is 378 g/mol. The summed E-state index contributed by atoms with van der Waals surface area (Å²) in [5.41, 5.74) is 1.37. The number of benzene rings is 2. The molecule has 0 atom stereocenters. The smallest absolute Gasteiger partial charge is 0.253 e. The van der Waals surface area contributed by atoms with Crippen LogP contribution in [0.2, 0.25) is 5.02 Å². The van der Waals surface area contributed by atoms with E-state index in [0.29, 0.717) is 17.1 Å². The fraction of sp³-hybridized carbons (Fsp3) is 0.167. The van der Waals surface area contributed by atoms with Crippen molar-refractivity contribution in [1.29, 1.82) is 0 Å². The number of halogens is 1. The Morgan fingerprint density at radius 2 is 1.76 bits per heavy atom. The van der Waals surface area contributed by atoms with Crippen LogP contribution < -0.4 is 4.72 Å². The van der Waals surface area contributed by atoms with Crippen LogP contribution in [0.5, 0.6) is 0 Å². The second-order valence-electron chi connectivity index (χ2n) is 5.45. The van der Waals surface area contributed by atoms with Gasteiger partial charge in [0.2, 0.25) is 10.0 Å². The number of nitrogens with one attached hydrogen (secondary N) is 1. The molecule has 0 unspecified atom stereocenters. The summed E-state index contributed by atoms with van der Waals surface area (Å²) in [5, 5.41) is 0.639. The van der Waals surface area contributed by atoms with Crippen molar-refractivity contribution in [2.75, 3.05) is 13.6 Å². The van der Waals surface area contributed by atoms with Crippen molar-refractivity contribution in [1.82, 2.24) is 9.62 Å². The number of rotatable bonds is 7. The van der Waals surface area contributed by atoms with Crippen molar-refractivity contribution in [3.8, 4) is 0 Å². The molecule has 0 saturated heterocycles. The van der Waals surface area contributed by atoms with Crippen molar-refractivity contribution in [3.63, 3.8) is 0 Å². The minimum atomic E-state index is -3.60. The number of hydrogen-bond donors (Lipinski definition) is 1. The molecule has 0 aliphatic rings. The van der Waals surface area contributed by atoms with Crippen molar-refractivity contribution in [3.05, 3.63) is 77.3 Å². The van der Waals surface area contributed by atoms with Crippen LogP contribution in [0.15, 0.2) is 66.1 Å². The van der Waals surface area contributed by atoms with Crippen molar-refractivity contribution < 1.29 is 13.2 Å². The van der Waals surface area contributed by atoms with E-state index in [0.717, 1.165) is 5.56 Å². The van der Waals surface area contributed by atoms with Crippen LogP contribution in [0.25, 0.3) is 0 Å². The lowest BCUT2D eigenvalue weighted by Gasteiger charge is -2.17.